The molecular weight excluding hydrogens is 196 g/mol. The number of nitrogens with zero attached hydrogens (tertiary/aromatic N) is 1. The molecule has 2 heteroatoms. The predicted octanol–water partition coefficient (Wildman–Crippen LogP) is 3.41. The minimum Gasteiger partial charge on any atom is -0.347 e. The number of benzene rings is 1. The molecule has 0 bridgehead atoms. The Morgan fingerprint density at radius 2 is 1.88 bits per heavy atom. The normalized spacial score (nSPS) is 15.4. The van der Waals surface area contributed by atoms with Crippen molar-refractivity contribution in [1.82, 2.24) is 4.90 Å². The molecular formula is C14H20N2. The number of fused-ring (bicyclic) bond motifs is 1. The molecule has 0 saturated carbocycles. The van der Waals surface area contributed by atoms with Gasteiger partial charge >= 0.3 is 0 Å². The molecule has 1 heterocycles. The summed E-state index contributed by atoms with van der Waals surface area (Å²) in [5, 5.41) is 8.28. The quantitative estimate of drug-likeness (QED) is 0.823. The standard InChI is InChI=1S/C14H20N2/c1-4-14(3,5-2)16-10-11-8-6-7-9-12(11)13(16)15/h6-9,15H,4-5,10H2,1-3H3. The van der Waals surface area contributed by atoms with Gasteiger partial charge in [0.05, 0.1) is 0 Å². The van der Waals surface area contributed by atoms with Crippen molar-refractivity contribution in [2.75, 3.05) is 0 Å². The molecule has 1 aromatic carbocycles. The topological polar surface area (TPSA) is 27.1 Å². The molecule has 1 aliphatic heterocycles. The lowest BCUT2D eigenvalue weighted by Gasteiger charge is -2.39. The molecule has 1 N–H and O–H groups in total. The fourth-order valence-corrected chi connectivity index (χ4v) is 2.38. The summed E-state index contributed by atoms with van der Waals surface area (Å²) in [5.41, 5.74) is 2.52. The first-order valence-electron chi connectivity index (χ1n) is 6.07. The Bertz CT molecular complexity index is 405. The van der Waals surface area contributed by atoms with E-state index in [0.29, 0.717) is 5.84 Å². The van der Waals surface area contributed by atoms with Gasteiger partial charge in [-0.05, 0) is 25.3 Å². The molecule has 0 saturated heterocycles. The number of rotatable bonds is 3. The summed E-state index contributed by atoms with van der Waals surface area (Å²) in [6.07, 6.45) is 2.17. The Hall–Kier alpha value is -1.31. The van der Waals surface area contributed by atoms with Crippen LogP contribution in [0.4, 0.5) is 0 Å². The van der Waals surface area contributed by atoms with E-state index in [4.69, 9.17) is 5.41 Å². The van der Waals surface area contributed by atoms with Crippen LogP contribution in [-0.2, 0) is 6.54 Å². The maximum atomic E-state index is 8.28. The van der Waals surface area contributed by atoms with Gasteiger partial charge in [0, 0.05) is 17.6 Å². The van der Waals surface area contributed by atoms with Gasteiger partial charge in [0.25, 0.3) is 0 Å². The van der Waals surface area contributed by atoms with Gasteiger partial charge in [-0.2, -0.15) is 0 Å². The average Bonchev–Trinajstić information content (AvgIpc) is 2.67. The highest BCUT2D eigenvalue weighted by molar-refractivity contribution is 6.00. The van der Waals surface area contributed by atoms with Crippen molar-refractivity contribution in [3.8, 4) is 0 Å². The van der Waals surface area contributed by atoms with Crippen molar-refractivity contribution in [2.24, 2.45) is 0 Å². The van der Waals surface area contributed by atoms with Crippen molar-refractivity contribution in [1.29, 1.82) is 5.41 Å². The molecule has 0 amide bonds. The van der Waals surface area contributed by atoms with Gasteiger partial charge in [-0.1, -0.05) is 38.1 Å². The van der Waals surface area contributed by atoms with Crippen LogP contribution in [0.1, 0.15) is 44.7 Å². The summed E-state index contributed by atoms with van der Waals surface area (Å²) in [5.74, 6) is 0.696. The number of amidine groups is 1. The van der Waals surface area contributed by atoms with Crippen molar-refractivity contribution in [3.05, 3.63) is 35.4 Å². The van der Waals surface area contributed by atoms with Crippen LogP contribution in [-0.4, -0.2) is 16.3 Å². The van der Waals surface area contributed by atoms with Crippen LogP contribution < -0.4 is 0 Å². The van der Waals surface area contributed by atoms with Crippen molar-refractivity contribution < 1.29 is 0 Å². The Balaban J connectivity index is 2.35. The lowest BCUT2D eigenvalue weighted by atomic mass is 9.93. The minimum atomic E-state index is 0.121. The maximum absolute atomic E-state index is 8.28. The molecule has 1 aliphatic rings. The molecule has 2 rings (SSSR count). The van der Waals surface area contributed by atoms with Crippen molar-refractivity contribution >= 4 is 5.84 Å². The Morgan fingerprint density at radius 3 is 2.44 bits per heavy atom. The van der Waals surface area contributed by atoms with Crippen LogP contribution in [0, 0.1) is 5.41 Å². The van der Waals surface area contributed by atoms with Crippen LogP contribution in [0.2, 0.25) is 0 Å². The van der Waals surface area contributed by atoms with Crippen LogP contribution >= 0.6 is 0 Å². The zero-order chi connectivity index (χ0) is 11.8. The molecule has 0 aromatic heterocycles. The molecule has 1 aromatic rings. The Labute approximate surface area is 97.8 Å². The second-order valence-electron chi connectivity index (χ2n) is 4.80. The number of hydrogen-bond acceptors (Lipinski definition) is 1. The molecule has 0 unspecified atom stereocenters. The SMILES string of the molecule is CCC(C)(CC)N1Cc2ccccc2C1=N. The summed E-state index contributed by atoms with van der Waals surface area (Å²) >= 11 is 0. The minimum absolute atomic E-state index is 0.121. The van der Waals surface area contributed by atoms with Gasteiger partial charge in [0.2, 0.25) is 0 Å². The fourth-order valence-electron chi connectivity index (χ4n) is 2.38. The Morgan fingerprint density at radius 1 is 1.25 bits per heavy atom. The lowest BCUT2D eigenvalue weighted by Crippen LogP contribution is -2.45. The summed E-state index contributed by atoms with van der Waals surface area (Å²) in [6, 6.07) is 8.27. The highest BCUT2D eigenvalue weighted by Crippen LogP contribution is 2.32. The van der Waals surface area contributed by atoms with Crippen LogP contribution in [0.3, 0.4) is 0 Å². The number of hydrogen-bond donors (Lipinski definition) is 1. The van der Waals surface area contributed by atoms with Crippen LogP contribution in [0.15, 0.2) is 24.3 Å². The van der Waals surface area contributed by atoms with E-state index in [9.17, 15) is 0 Å². The van der Waals surface area contributed by atoms with Crippen molar-refractivity contribution in [3.63, 3.8) is 0 Å². The van der Waals surface area contributed by atoms with E-state index in [-0.39, 0.29) is 5.54 Å². The van der Waals surface area contributed by atoms with Crippen LogP contribution in [0.25, 0.3) is 0 Å². The third-order valence-corrected chi connectivity index (χ3v) is 4.05. The summed E-state index contributed by atoms with van der Waals surface area (Å²) in [7, 11) is 0. The first-order chi connectivity index (χ1) is 7.62. The zero-order valence-corrected chi connectivity index (χ0v) is 10.4. The van der Waals surface area contributed by atoms with E-state index in [1.807, 2.05) is 6.07 Å². The van der Waals surface area contributed by atoms with E-state index in [0.717, 1.165) is 24.9 Å². The second kappa shape index (κ2) is 3.93. The molecule has 0 aliphatic carbocycles. The third-order valence-electron chi connectivity index (χ3n) is 4.05. The molecule has 16 heavy (non-hydrogen) atoms. The highest BCUT2D eigenvalue weighted by Gasteiger charge is 2.35. The highest BCUT2D eigenvalue weighted by atomic mass is 15.2. The molecule has 86 valence electrons. The zero-order valence-electron chi connectivity index (χ0n) is 10.4. The van der Waals surface area contributed by atoms with Gasteiger partial charge in [0.1, 0.15) is 5.84 Å². The molecule has 0 atom stereocenters. The van der Waals surface area contributed by atoms with E-state index in [2.05, 4.69) is 43.9 Å². The average molecular weight is 216 g/mol. The smallest absolute Gasteiger partial charge is 0.129 e. The summed E-state index contributed by atoms with van der Waals surface area (Å²) < 4.78 is 0. The molecule has 0 spiro atoms. The number of nitrogens with one attached hydrogen (secondary N) is 1. The Kier molecular flexibility index (Phi) is 2.75. The molecule has 0 radical (unpaired) electrons. The molecule has 0 fully saturated rings. The van der Waals surface area contributed by atoms with Gasteiger partial charge in [-0.25, -0.2) is 0 Å². The monoisotopic (exact) mass is 216 g/mol. The predicted molar refractivity (Wildman–Crippen MR) is 67.8 cm³/mol. The van der Waals surface area contributed by atoms with Gasteiger partial charge < -0.3 is 4.90 Å². The fraction of sp³-hybridized carbons (Fsp3) is 0.500. The lowest BCUT2D eigenvalue weighted by molar-refractivity contribution is 0.178. The third kappa shape index (κ3) is 1.53. The molecule has 2 nitrogen and oxygen atoms in total. The van der Waals surface area contributed by atoms with E-state index < -0.39 is 0 Å². The first-order valence-corrected chi connectivity index (χ1v) is 6.07. The maximum Gasteiger partial charge on any atom is 0.129 e. The largest absolute Gasteiger partial charge is 0.347 e. The van der Waals surface area contributed by atoms with E-state index >= 15 is 0 Å². The van der Waals surface area contributed by atoms with Gasteiger partial charge in [-0.15, -0.1) is 0 Å². The van der Waals surface area contributed by atoms with Crippen LogP contribution in [0.5, 0.6) is 0 Å². The summed E-state index contributed by atoms with van der Waals surface area (Å²) in [6.45, 7) is 7.57. The second-order valence-corrected chi connectivity index (χ2v) is 4.80. The van der Waals surface area contributed by atoms with E-state index in [1.54, 1.807) is 0 Å². The first kappa shape index (κ1) is 11.2. The summed E-state index contributed by atoms with van der Waals surface area (Å²) in [4.78, 5) is 2.25. The van der Waals surface area contributed by atoms with E-state index in [1.165, 1.54) is 5.56 Å². The van der Waals surface area contributed by atoms with Crippen molar-refractivity contribution in [2.45, 2.75) is 45.7 Å². The van der Waals surface area contributed by atoms with Gasteiger partial charge in [-0.3, -0.25) is 5.41 Å². The van der Waals surface area contributed by atoms with Gasteiger partial charge in [0.15, 0.2) is 0 Å².